The lowest BCUT2D eigenvalue weighted by molar-refractivity contribution is -0.138. The van der Waals surface area contributed by atoms with Gasteiger partial charge in [0.2, 0.25) is 0 Å². The molecule has 4 N–H and O–H groups in total. The fourth-order valence-corrected chi connectivity index (χ4v) is 2.35. The molecule has 106 valence electrons. The number of hydrogen-bond donors (Lipinski definition) is 3. The highest BCUT2D eigenvalue weighted by Gasteiger charge is 2.18. The van der Waals surface area contributed by atoms with Crippen LogP contribution in [0.3, 0.4) is 0 Å². The zero-order chi connectivity index (χ0) is 14.7. The Morgan fingerprint density at radius 2 is 1.95 bits per heavy atom. The van der Waals surface area contributed by atoms with E-state index in [4.69, 9.17) is 15.6 Å². The average molecular weight is 331 g/mol. The number of anilines is 1. The summed E-state index contributed by atoms with van der Waals surface area (Å²) in [6.07, 6.45) is 0. The molecule has 1 unspecified atom stereocenters. The van der Waals surface area contributed by atoms with Crippen LogP contribution in [0.1, 0.15) is 16.7 Å². The molecule has 0 heterocycles. The SMILES string of the molecule is COc1c(C)c(C)c(Br)c(C)c1NCC(N)C(=O)O. The molecular weight excluding hydrogens is 312 g/mol. The first-order valence-corrected chi connectivity index (χ1v) is 6.66. The summed E-state index contributed by atoms with van der Waals surface area (Å²) >= 11 is 3.54. The monoisotopic (exact) mass is 330 g/mol. The van der Waals surface area contributed by atoms with Crippen LogP contribution in [-0.2, 0) is 4.79 Å². The predicted octanol–water partition coefficient (Wildman–Crippen LogP) is 2.21. The van der Waals surface area contributed by atoms with Crippen molar-refractivity contribution < 1.29 is 14.6 Å². The Morgan fingerprint density at radius 3 is 2.42 bits per heavy atom. The van der Waals surface area contributed by atoms with Gasteiger partial charge in [0.05, 0.1) is 12.8 Å². The molecular formula is C13H19BrN2O3. The molecule has 6 heteroatoms. The maximum absolute atomic E-state index is 10.7. The molecule has 0 aliphatic rings. The third kappa shape index (κ3) is 3.19. The molecule has 0 aromatic heterocycles. The largest absolute Gasteiger partial charge is 0.494 e. The van der Waals surface area contributed by atoms with Crippen LogP contribution >= 0.6 is 15.9 Å². The number of aliphatic carboxylic acids is 1. The molecule has 1 aromatic carbocycles. The molecule has 0 amide bonds. The molecule has 0 radical (unpaired) electrons. The smallest absolute Gasteiger partial charge is 0.322 e. The van der Waals surface area contributed by atoms with Crippen LogP contribution in [0, 0.1) is 20.8 Å². The normalized spacial score (nSPS) is 12.1. The number of nitrogens with one attached hydrogen (secondary N) is 1. The summed E-state index contributed by atoms with van der Waals surface area (Å²) in [6.45, 7) is 6.04. The number of halogens is 1. The van der Waals surface area contributed by atoms with Gasteiger partial charge >= 0.3 is 5.97 Å². The van der Waals surface area contributed by atoms with Crippen LogP contribution in [0.4, 0.5) is 5.69 Å². The van der Waals surface area contributed by atoms with Gasteiger partial charge in [-0.2, -0.15) is 0 Å². The van der Waals surface area contributed by atoms with Crippen molar-refractivity contribution in [3.8, 4) is 5.75 Å². The first kappa shape index (κ1) is 15.8. The molecule has 19 heavy (non-hydrogen) atoms. The second-order valence-corrected chi connectivity index (χ2v) is 5.22. The molecule has 0 bridgehead atoms. The molecule has 0 fully saturated rings. The number of carboxylic acids is 1. The van der Waals surface area contributed by atoms with Crippen LogP contribution in [0.5, 0.6) is 5.75 Å². The number of carbonyl (C=O) groups is 1. The van der Waals surface area contributed by atoms with E-state index < -0.39 is 12.0 Å². The quantitative estimate of drug-likeness (QED) is 0.770. The van der Waals surface area contributed by atoms with Crippen LogP contribution in [-0.4, -0.2) is 30.8 Å². The zero-order valence-electron chi connectivity index (χ0n) is 11.5. The van der Waals surface area contributed by atoms with Gasteiger partial charge in [0, 0.05) is 11.0 Å². The molecule has 0 spiro atoms. The molecule has 0 saturated carbocycles. The van der Waals surface area contributed by atoms with Crippen molar-refractivity contribution >= 4 is 27.6 Å². The number of ether oxygens (including phenoxy) is 1. The Labute approximate surface area is 121 Å². The molecule has 0 aliphatic carbocycles. The third-order valence-corrected chi connectivity index (χ3v) is 4.37. The Kier molecular flexibility index (Phi) is 5.20. The van der Waals surface area contributed by atoms with Crippen molar-refractivity contribution in [1.82, 2.24) is 0 Å². The lowest BCUT2D eigenvalue weighted by Crippen LogP contribution is -2.37. The summed E-state index contributed by atoms with van der Waals surface area (Å²) in [7, 11) is 1.59. The zero-order valence-corrected chi connectivity index (χ0v) is 13.1. The highest BCUT2D eigenvalue weighted by Crippen LogP contribution is 2.39. The van der Waals surface area contributed by atoms with Crippen molar-refractivity contribution in [2.45, 2.75) is 26.8 Å². The maximum atomic E-state index is 10.7. The van der Waals surface area contributed by atoms with E-state index in [1.54, 1.807) is 7.11 Å². The highest BCUT2D eigenvalue weighted by atomic mass is 79.9. The number of hydrogen-bond acceptors (Lipinski definition) is 4. The van der Waals surface area contributed by atoms with E-state index >= 15 is 0 Å². The lowest BCUT2D eigenvalue weighted by atomic mass is 10.0. The molecule has 0 saturated heterocycles. The van der Waals surface area contributed by atoms with Crippen molar-refractivity contribution in [1.29, 1.82) is 0 Å². The average Bonchev–Trinajstić information content (AvgIpc) is 2.38. The van der Waals surface area contributed by atoms with Gasteiger partial charge in [-0.25, -0.2) is 0 Å². The Hall–Kier alpha value is -1.27. The third-order valence-electron chi connectivity index (χ3n) is 3.18. The van der Waals surface area contributed by atoms with Crippen molar-refractivity contribution in [2.75, 3.05) is 19.0 Å². The summed E-state index contributed by atoms with van der Waals surface area (Å²) in [5.74, 6) is -0.317. The van der Waals surface area contributed by atoms with E-state index in [1.807, 2.05) is 20.8 Å². The van der Waals surface area contributed by atoms with Gasteiger partial charge in [-0.3, -0.25) is 4.79 Å². The van der Waals surface area contributed by atoms with Gasteiger partial charge in [-0.1, -0.05) is 15.9 Å². The van der Waals surface area contributed by atoms with Gasteiger partial charge < -0.3 is 20.9 Å². The minimum Gasteiger partial charge on any atom is -0.494 e. The molecule has 1 atom stereocenters. The van der Waals surface area contributed by atoms with E-state index in [0.29, 0.717) is 0 Å². The van der Waals surface area contributed by atoms with Crippen LogP contribution in [0.15, 0.2) is 4.47 Å². The van der Waals surface area contributed by atoms with Crippen LogP contribution < -0.4 is 15.8 Å². The van der Waals surface area contributed by atoms with Crippen molar-refractivity contribution in [3.05, 3.63) is 21.2 Å². The summed E-state index contributed by atoms with van der Waals surface area (Å²) in [4.78, 5) is 10.7. The van der Waals surface area contributed by atoms with E-state index in [2.05, 4.69) is 21.2 Å². The summed E-state index contributed by atoms with van der Waals surface area (Å²) < 4.78 is 6.40. The Balaban J connectivity index is 3.16. The van der Waals surface area contributed by atoms with Gasteiger partial charge in [0.15, 0.2) is 0 Å². The van der Waals surface area contributed by atoms with Gasteiger partial charge in [0.1, 0.15) is 11.8 Å². The standard InChI is InChI=1S/C13H19BrN2O3/c1-6-7(2)12(19-4)11(8(3)10(6)14)16-5-9(15)13(17)18/h9,16H,5,15H2,1-4H3,(H,17,18). The minimum absolute atomic E-state index is 0.140. The number of nitrogens with two attached hydrogens (primary N) is 1. The summed E-state index contributed by atoms with van der Waals surface area (Å²) in [5, 5.41) is 11.9. The van der Waals surface area contributed by atoms with Crippen molar-refractivity contribution in [3.63, 3.8) is 0 Å². The van der Waals surface area contributed by atoms with E-state index in [-0.39, 0.29) is 6.54 Å². The highest BCUT2D eigenvalue weighted by molar-refractivity contribution is 9.10. The van der Waals surface area contributed by atoms with Gasteiger partial charge in [-0.05, 0) is 37.5 Å². The van der Waals surface area contributed by atoms with Crippen molar-refractivity contribution in [2.24, 2.45) is 5.73 Å². The molecule has 5 nitrogen and oxygen atoms in total. The molecule has 1 aromatic rings. The summed E-state index contributed by atoms with van der Waals surface area (Å²) in [6, 6.07) is -0.954. The molecule has 1 rings (SSSR count). The predicted molar refractivity (Wildman–Crippen MR) is 79.0 cm³/mol. The van der Waals surface area contributed by atoms with Crippen LogP contribution in [0.2, 0.25) is 0 Å². The number of benzene rings is 1. The topological polar surface area (TPSA) is 84.6 Å². The minimum atomic E-state index is -1.04. The Morgan fingerprint density at radius 1 is 1.37 bits per heavy atom. The number of rotatable bonds is 5. The lowest BCUT2D eigenvalue weighted by Gasteiger charge is -2.20. The Bertz CT molecular complexity index is 503. The second-order valence-electron chi connectivity index (χ2n) is 4.42. The van der Waals surface area contributed by atoms with Gasteiger partial charge in [-0.15, -0.1) is 0 Å². The fourth-order valence-electron chi connectivity index (χ4n) is 1.85. The van der Waals surface area contributed by atoms with E-state index in [9.17, 15) is 4.79 Å². The first-order chi connectivity index (χ1) is 8.81. The van der Waals surface area contributed by atoms with E-state index in [0.717, 1.165) is 32.6 Å². The van der Waals surface area contributed by atoms with E-state index in [1.165, 1.54) is 0 Å². The fraction of sp³-hybridized carbons (Fsp3) is 0.462. The second kappa shape index (κ2) is 6.25. The first-order valence-electron chi connectivity index (χ1n) is 5.86. The summed E-state index contributed by atoms with van der Waals surface area (Å²) in [5.41, 5.74) is 9.35. The van der Waals surface area contributed by atoms with Crippen LogP contribution in [0.25, 0.3) is 0 Å². The molecule has 0 aliphatic heterocycles. The van der Waals surface area contributed by atoms with Gasteiger partial charge in [0.25, 0.3) is 0 Å². The number of methoxy groups -OCH3 is 1. The maximum Gasteiger partial charge on any atom is 0.322 e. The number of carboxylic acid groups (broad SMARTS) is 1.